The highest BCUT2D eigenvalue weighted by Crippen LogP contribution is 2.33. The van der Waals surface area contributed by atoms with Crippen molar-refractivity contribution in [1.29, 1.82) is 5.26 Å². The van der Waals surface area contributed by atoms with Crippen LogP contribution in [0.4, 0.5) is 0 Å². The summed E-state index contributed by atoms with van der Waals surface area (Å²) in [7, 11) is 0. The van der Waals surface area contributed by atoms with Crippen LogP contribution in [0.25, 0.3) is 22.6 Å². The van der Waals surface area contributed by atoms with E-state index in [0.29, 0.717) is 28.1 Å². The summed E-state index contributed by atoms with van der Waals surface area (Å²) in [5.41, 5.74) is 2.15. The van der Waals surface area contributed by atoms with Crippen LogP contribution in [0.5, 0.6) is 5.75 Å². The number of hydrogen-bond donors (Lipinski definition) is 1. The normalized spacial score (nSPS) is 10.2. The molecule has 3 aromatic rings. The highest BCUT2D eigenvalue weighted by molar-refractivity contribution is 5.78. The molecule has 0 fully saturated rings. The maximum Gasteiger partial charge on any atom is 0.227 e. The molecular weight excluding hydrogens is 254 g/mol. The van der Waals surface area contributed by atoms with E-state index >= 15 is 0 Å². The average molecular weight is 263 g/mol. The van der Waals surface area contributed by atoms with Gasteiger partial charge in [-0.1, -0.05) is 6.07 Å². The lowest BCUT2D eigenvalue weighted by Gasteiger charge is -2.07. The third kappa shape index (κ3) is 1.99. The van der Waals surface area contributed by atoms with Crippen molar-refractivity contribution in [2.24, 2.45) is 0 Å². The van der Waals surface area contributed by atoms with Crippen molar-refractivity contribution < 1.29 is 9.52 Å². The number of rotatable bonds is 2. The Hall–Kier alpha value is -3.13. The Balaban J connectivity index is 2.17. The first-order chi connectivity index (χ1) is 9.79. The minimum atomic E-state index is 0.0374. The Labute approximate surface area is 114 Å². The summed E-state index contributed by atoms with van der Waals surface area (Å²) in [6, 6.07) is 8.64. The minimum absolute atomic E-state index is 0.0374. The van der Waals surface area contributed by atoms with Gasteiger partial charge < -0.3 is 9.52 Å². The number of benzene rings is 1. The fourth-order valence-electron chi connectivity index (χ4n) is 2.00. The van der Waals surface area contributed by atoms with Gasteiger partial charge in [0.15, 0.2) is 0 Å². The number of nitrogens with zero attached hydrogens (tertiary/aromatic N) is 3. The second-order valence-corrected chi connectivity index (χ2v) is 4.11. The summed E-state index contributed by atoms with van der Waals surface area (Å²) in [5.74, 6) is 0.476. The van der Waals surface area contributed by atoms with Crippen LogP contribution in [0.3, 0.4) is 0 Å². The highest BCUT2D eigenvalue weighted by Gasteiger charge is 2.12. The first-order valence-electron chi connectivity index (χ1n) is 5.87. The Morgan fingerprint density at radius 3 is 2.80 bits per heavy atom. The van der Waals surface area contributed by atoms with E-state index in [2.05, 4.69) is 16.0 Å². The number of pyridine rings is 1. The van der Waals surface area contributed by atoms with Crippen molar-refractivity contribution in [3.8, 4) is 34.4 Å². The lowest BCUT2D eigenvalue weighted by Crippen LogP contribution is -1.88. The maximum absolute atomic E-state index is 9.98. The van der Waals surface area contributed by atoms with Crippen LogP contribution in [-0.4, -0.2) is 15.1 Å². The highest BCUT2D eigenvalue weighted by atomic mass is 16.3. The summed E-state index contributed by atoms with van der Waals surface area (Å²) < 4.78 is 5.22. The Bertz CT molecular complexity index is 789. The maximum atomic E-state index is 9.98. The van der Waals surface area contributed by atoms with Crippen molar-refractivity contribution >= 4 is 0 Å². The van der Waals surface area contributed by atoms with Gasteiger partial charge in [0.25, 0.3) is 0 Å². The summed E-state index contributed by atoms with van der Waals surface area (Å²) in [6.45, 7) is 0. The van der Waals surface area contributed by atoms with E-state index in [0.717, 1.165) is 0 Å². The van der Waals surface area contributed by atoms with Gasteiger partial charge in [-0.3, -0.25) is 4.98 Å². The number of hydrogen-bond acceptors (Lipinski definition) is 5. The molecule has 3 rings (SSSR count). The van der Waals surface area contributed by atoms with E-state index in [1.54, 1.807) is 36.8 Å². The molecule has 0 aliphatic carbocycles. The molecule has 0 spiro atoms. The molecule has 1 aromatic carbocycles. The van der Waals surface area contributed by atoms with Crippen LogP contribution in [-0.2, 0) is 0 Å². The smallest absolute Gasteiger partial charge is 0.227 e. The third-order valence-electron chi connectivity index (χ3n) is 2.87. The van der Waals surface area contributed by atoms with Crippen LogP contribution < -0.4 is 0 Å². The Morgan fingerprint density at radius 1 is 1.20 bits per heavy atom. The van der Waals surface area contributed by atoms with Crippen molar-refractivity contribution in [1.82, 2.24) is 9.97 Å². The van der Waals surface area contributed by atoms with Crippen LogP contribution in [0, 0.1) is 11.3 Å². The minimum Gasteiger partial charge on any atom is -0.507 e. The molecule has 0 amide bonds. The topological polar surface area (TPSA) is 82.9 Å². The molecule has 0 saturated carbocycles. The molecule has 2 aromatic heterocycles. The van der Waals surface area contributed by atoms with E-state index in [-0.39, 0.29) is 5.75 Å². The van der Waals surface area contributed by atoms with Crippen molar-refractivity contribution in [3.63, 3.8) is 0 Å². The van der Waals surface area contributed by atoms with E-state index in [9.17, 15) is 5.11 Å². The molecule has 20 heavy (non-hydrogen) atoms. The fraction of sp³-hybridized carbons (Fsp3) is 0. The molecule has 0 aliphatic rings. The Kier molecular flexibility index (Phi) is 2.90. The molecule has 0 atom stereocenters. The number of phenolic OH excluding ortho intramolecular Hbond substituents is 1. The molecule has 1 N–H and O–H groups in total. The lowest BCUT2D eigenvalue weighted by molar-refractivity contribution is 0.477. The van der Waals surface area contributed by atoms with Gasteiger partial charge in [0, 0.05) is 23.5 Å². The number of aromatic hydroxyl groups is 1. The monoisotopic (exact) mass is 263 g/mol. The zero-order valence-corrected chi connectivity index (χ0v) is 10.3. The summed E-state index contributed by atoms with van der Waals surface area (Å²) in [4.78, 5) is 8.17. The van der Waals surface area contributed by atoms with Gasteiger partial charge in [0.2, 0.25) is 5.89 Å². The van der Waals surface area contributed by atoms with Crippen LogP contribution in [0.1, 0.15) is 5.56 Å². The van der Waals surface area contributed by atoms with Gasteiger partial charge in [-0.05, 0) is 18.2 Å². The summed E-state index contributed by atoms with van der Waals surface area (Å²) in [5, 5.41) is 19.1. The lowest BCUT2D eigenvalue weighted by atomic mass is 9.99. The quantitative estimate of drug-likeness (QED) is 0.768. The molecule has 96 valence electrons. The number of aromatic nitrogens is 2. The third-order valence-corrected chi connectivity index (χ3v) is 2.87. The zero-order chi connectivity index (χ0) is 13.9. The molecule has 0 unspecified atom stereocenters. The van der Waals surface area contributed by atoms with Crippen LogP contribution >= 0.6 is 0 Å². The first-order valence-corrected chi connectivity index (χ1v) is 5.87. The molecule has 0 aliphatic heterocycles. The molecule has 5 heteroatoms. The molecule has 0 radical (unpaired) electrons. The summed E-state index contributed by atoms with van der Waals surface area (Å²) in [6.07, 6.45) is 6.22. The predicted octanol–water partition coefficient (Wildman–Crippen LogP) is 2.98. The first kappa shape index (κ1) is 11.9. The number of nitriles is 1. The number of oxazole rings is 1. The molecule has 0 bridgehead atoms. The second-order valence-electron chi connectivity index (χ2n) is 4.11. The van der Waals surface area contributed by atoms with Crippen molar-refractivity contribution in [2.75, 3.05) is 0 Å². The average Bonchev–Trinajstić information content (AvgIpc) is 3.01. The van der Waals surface area contributed by atoms with Crippen LogP contribution in [0.2, 0.25) is 0 Å². The molecular formula is C15H9N3O2. The van der Waals surface area contributed by atoms with E-state index in [1.807, 2.05) is 0 Å². The molecule has 2 heterocycles. The van der Waals surface area contributed by atoms with E-state index in [1.165, 1.54) is 12.3 Å². The van der Waals surface area contributed by atoms with Gasteiger partial charge in [0.1, 0.15) is 12.0 Å². The van der Waals surface area contributed by atoms with Crippen LogP contribution in [0.15, 0.2) is 53.5 Å². The zero-order valence-electron chi connectivity index (χ0n) is 10.3. The van der Waals surface area contributed by atoms with Crippen molar-refractivity contribution in [2.45, 2.75) is 0 Å². The van der Waals surface area contributed by atoms with Gasteiger partial charge in [0.05, 0.1) is 23.4 Å². The van der Waals surface area contributed by atoms with Gasteiger partial charge in [-0.15, -0.1) is 0 Å². The van der Waals surface area contributed by atoms with Gasteiger partial charge in [-0.2, -0.15) is 5.26 Å². The summed E-state index contributed by atoms with van der Waals surface area (Å²) >= 11 is 0. The number of phenols is 1. The molecule has 5 nitrogen and oxygen atoms in total. The Morgan fingerprint density at radius 2 is 2.05 bits per heavy atom. The van der Waals surface area contributed by atoms with E-state index in [4.69, 9.17) is 9.68 Å². The fourth-order valence-corrected chi connectivity index (χ4v) is 2.00. The molecule has 0 saturated heterocycles. The predicted molar refractivity (Wildman–Crippen MR) is 71.5 cm³/mol. The standard InChI is InChI=1S/C15H9N3O2/c16-7-10-2-1-3-13(19)14(10)11-6-12(9-17-8-11)15-18-4-5-20-15/h1-6,8-9,19H. The SMILES string of the molecule is N#Cc1cccc(O)c1-c1cncc(-c2ncco2)c1. The van der Waals surface area contributed by atoms with Gasteiger partial charge in [-0.25, -0.2) is 4.98 Å². The second kappa shape index (κ2) is 4.86. The van der Waals surface area contributed by atoms with Gasteiger partial charge >= 0.3 is 0 Å². The largest absolute Gasteiger partial charge is 0.507 e. The van der Waals surface area contributed by atoms with Crippen molar-refractivity contribution in [3.05, 3.63) is 54.7 Å². The van der Waals surface area contributed by atoms with E-state index < -0.39 is 0 Å².